The molecule has 0 aliphatic carbocycles. The highest BCUT2D eigenvalue weighted by Gasteiger charge is 2.09. The van der Waals surface area contributed by atoms with E-state index < -0.39 is 5.82 Å². The number of nitrogens with zero attached hydrogens (tertiary/aromatic N) is 1. The molecule has 4 N–H and O–H groups in total. The van der Waals surface area contributed by atoms with Crippen LogP contribution in [0.3, 0.4) is 0 Å². The first-order valence-electron chi connectivity index (χ1n) is 6.14. The second kappa shape index (κ2) is 6.21. The van der Waals surface area contributed by atoms with Crippen molar-refractivity contribution in [2.75, 3.05) is 0 Å². The van der Waals surface area contributed by atoms with E-state index in [1.807, 2.05) is 19.1 Å². The van der Waals surface area contributed by atoms with E-state index in [-0.39, 0.29) is 11.9 Å². The van der Waals surface area contributed by atoms with Crippen molar-refractivity contribution in [3.8, 4) is 0 Å². The maximum absolute atomic E-state index is 13.5. The molecule has 1 atom stereocenters. The van der Waals surface area contributed by atoms with Gasteiger partial charge in [0.1, 0.15) is 11.6 Å². The summed E-state index contributed by atoms with van der Waals surface area (Å²) in [7, 11) is 0. The van der Waals surface area contributed by atoms with Crippen molar-refractivity contribution in [1.82, 2.24) is 5.32 Å². The summed E-state index contributed by atoms with van der Waals surface area (Å²) in [6.45, 7) is 2.38. The number of nitrogens with one attached hydrogen (secondary N) is 1. The molecule has 2 rings (SSSR count). The van der Waals surface area contributed by atoms with E-state index in [0.717, 1.165) is 5.76 Å². The minimum atomic E-state index is -0.434. The molecule has 0 fully saturated rings. The molecule has 5 nitrogen and oxygen atoms in total. The van der Waals surface area contributed by atoms with Gasteiger partial charge in [0.05, 0.1) is 12.3 Å². The Morgan fingerprint density at radius 2 is 2.30 bits per heavy atom. The van der Waals surface area contributed by atoms with Gasteiger partial charge in [0.2, 0.25) is 0 Å². The third kappa shape index (κ3) is 3.36. The Kier molecular flexibility index (Phi) is 4.37. The van der Waals surface area contributed by atoms with Crippen LogP contribution in [0.2, 0.25) is 0 Å². The minimum Gasteiger partial charge on any atom is -0.468 e. The highest BCUT2D eigenvalue weighted by atomic mass is 19.1. The number of hydrogen-bond donors (Lipinski definition) is 3. The van der Waals surface area contributed by atoms with Gasteiger partial charge in [0.15, 0.2) is 5.84 Å². The minimum absolute atomic E-state index is 0.000531. The molecule has 0 saturated heterocycles. The third-order valence-corrected chi connectivity index (χ3v) is 2.94. The van der Waals surface area contributed by atoms with Crippen LogP contribution in [0.4, 0.5) is 4.39 Å². The normalized spacial score (nSPS) is 13.4. The Bertz CT molecular complexity index is 596. The van der Waals surface area contributed by atoms with Crippen molar-refractivity contribution < 1.29 is 14.0 Å². The number of benzene rings is 1. The lowest BCUT2D eigenvalue weighted by molar-refractivity contribution is 0.318. The molecule has 0 unspecified atom stereocenters. The van der Waals surface area contributed by atoms with Crippen LogP contribution in [0.25, 0.3) is 0 Å². The molecule has 0 radical (unpaired) electrons. The number of rotatable bonds is 5. The van der Waals surface area contributed by atoms with Crippen LogP contribution in [0.15, 0.2) is 46.2 Å². The largest absolute Gasteiger partial charge is 0.468 e. The maximum Gasteiger partial charge on any atom is 0.170 e. The first-order chi connectivity index (χ1) is 9.60. The van der Waals surface area contributed by atoms with Crippen LogP contribution in [0, 0.1) is 5.82 Å². The number of halogens is 1. The van der Waals surface area contributed by atoms with Crippen LogP contribution in [-0.2, 0) is 6.54 Å². The van der Waals surface area contributed by atoms with Gasteiger partial charge in [-0.05, 0) is 42.8 Å². The van der Waals surface area contributed by atoms with Gasteiger partial charge in [0, 0.05) is 12.1 Å². The van der Waals surface area contributed by atoms with Gasteiger partial charge in [-0.15, -0.1) is 0 Å². The van der Waals surface area contributed by atoms with Crippen LogP contribution in [-0.4, -0.2) is 11.0 Å². The van der Waals surface area contributed by atoms with Gasteiger partial charge in [-0.25, -0.2) is 4.39 Å². The first kappa shape index (κ1) is 14.1. The van der Waals surface area contributed by atoms with E-state index in [9.17, 15) is 4.39 Å². The summed E-state index contributed by atoms with van der Waals surface area (Å²) in [5.74, 6) is 0.249. The van der Waals surface area contributed by atoms with Crippen molar-refractivity contribution in [3.05, 3.63) is 59.3 Å². The van der Waals surface area contributed by atoms with Gasteiger partial charge < -0.3 is 20.7 Å². The van der Waals surface area contributed by atoms with Crippen LogP contribution >= 0.6 is 0 Å². The predicted octanol–water partition coefficient (Wildman–Crippen LogP) is 2.36. The molecule has 1 aromatic carbocycles. The molecule has 106 valence electrons. The van der Waals surface area contributed by atoms with Gasteiger partial charge in [-0.1, -0.05) is 5.16 Å². The summed E-state index contributed by atoms with van der Waals surface area (Å²) in [6.07, 6.45) is 1.60. The Labute approximate surface area is 115 Å². The lowest BCUT2D eigenvalue weighted by atomic mass is 10.1. The second-order valence-corrected chi connectivity index (χ2v) is 4.45. The van der Waals surface area contributed by atoms with Crippen molar-refractivity contribution in [2.45, 2.75) is 19.5 Å². The number of nitrogens with two attached hydrogens (primary N) is 1. The summed E-state index contributed by atoms with van der Waals surface area (Å²) in [5, 5.41) is 14.7. The summed E-state index contributed by atoms with van der Waals surface area (Å²) in [5.41, 5.74) is 6.50. The molecular weight excluding hydrogens is 261 g/mol. The molecule has 20 heavy (non-hydrogen) atoms. The highest BCUT2D eigenvalue weighted by molar-refractivity contribution is 5.97. The van der Waals surface area contributed by atoms with E-state index in [1.54, 1.807) is 12.3 Å². The maximum atomic E-state index is 13.5. The smallest absolute Gasteiger partial charge is 0.170 e. The van der Waals surface area contributed by atoms with Crippen molar-refractivity contribution in [2.24, 2.45) is 10.9 Å². The number of furan rings is 1. The zero-order chi connectivity index (χ0) is 14.5. The van der Waals surface area contributed by atoms with Gasteiger partial charge in [-0.3, -0.25) is 0 Å². The molecule has 0 saturated carbocycles. The molecule has 2 aromatic rings. The Morgan fingerprint density at radius 1 is 1.50 bits per heavy atom. The Balaban J connectivity index is 2.08. The van der Waals surface area contributed by atoms with E-state index in [1.165, 1.54) is 12.1 Å². The second-order valence-electron chi connectivity index (χ2n) is 4.45. The lowest BCUT2D eigenvalue weighted by Crippen LogP contribution is -2.19. The lowest BCUT2D eigenvalue weighted by Gasteiger charge is -2.12. The molecule has 0 amide bonds. The van der Waals surface area contributed by atoms with E-state index in [0.29, 0.717) is 17.7 Å². The fourth-order valence-corrected chi connectivity index (χ4v) is 1.87. The van der Waals surface area contributed by atoms with Crippen LogP contribution < -0.4 is 11.1 Å². The fraction of sp³-hybridized carbons (Fsp3) is 0.214. The highest BCUT2D eigenvalue weighted by Crippen LogP contribution is 2.14. The Morgan fingerprint density at radius 3 is 2.95 bits per heavy atom. The standard InChI is InChI=1S/C14H16FN3O2/c1-9(13-3-2-4-20-13)17-8-10-5-11(14(16)18-19)7-12(15)6-10/h2-7,9,17,19H,8H2,1H3,(H2,16,18)/t9-/m1/s1. The topological polar surface area (TPSA) is 83.8 Å². The van der Waals surface area contributed by atoms with E-state index >= 15 is 0 Å². The van der Waals surface area contributed by atoms with Crippen LogP contribution in [0.1, 0.15) is 29.9 Å². The summed E-state index contributed by atoms with van der Waals surface area (Å²) in [4.78, 5) is 0. The van der Waals surface area contributed by atoms with Crippen LogP contribution in [0.5, 0.6) is 0 Å². The molecular formula is C14H16FN3O2. The van der Waals surface area contributed by atoms with Crippen molar-refractivity contribution in [1.29, 1.82) is 0 Å². The SMILES string of the molecule is C[C@@H](NCc1cc(F)cc(/C(N)=N/O)c1)c1ccco1. The van der Waals surface area contributed by atoms with E-state index in [4.69, 9.17) is 15.4 Å². The average molecular weight is 277 g/mol. The van der Waals surface area contributed by atoms with Gasteiger partial charge >= 0.3 is 0 Å². The zero-order valence-electron chi connectivity index (χ0n) is 11.0. The Hall–Kier alpha value is -2.34. The molecule has 0 aliphatic rings. The number of amidine groups is 1. The zero-order valence-corrected chi connectivity index (χ0v) is 11.0. The summed E-state index contributed by atoms with van der Waals surface area (Å²) < 4.78 is 18.8. The van der Waals surface area contributed by atoms with Gasteiger partial charge in [-0.2, -0.15) is 0 Å². The predicted molar refractivity (Wildman–Crippen MR) is 72.9 cm³/mol. The van der Waals surface area contributed by atoms with E-state index in [2.05, 4.69) is 10.5 Å². The summed E-state index contributed by atoms with van der Waals surface area (Å²) >= 11 is 0. The first-order valence-corrected chi connectivity index (χ1v) is 6.14. The molecule has 0 bridgehead atoms. The quantitative estimate of drug-likeness (QED) is 0.339. The van der Waals surface area contributed by atoms with Crippen molar-refractivity contribution >= 4 is 5.84 Å². The summed E-state index contributed by atoms with van der Waals surface area (Å²) in [6, 6.07) is 7.96. The molecule has 0 spiro atoms. The molecule has 1 heterocycles. The third-order valence-electron chi connectivity index (χ3n) is 2.94. The molecule has 0 aliphatic heterocycles. The fourth-order valence-electron chi connectivity index (χ4n) is 1.87. The molecule has 6 heteroatoms. The average Bonchev–Trinajstić information content (AvgIpc) is 2.97. The monoisotopic (exact) mass is 277 g/mol. The number of hydrogen-bond acceptors (Lipinski definition) is 4. The van der Waals surface area contributed by atoms with Crippen molar-refractivity contribution in [3.63, 3.8) is 0 Å². The van der Waals surface area contributed by atoms with Gasteiger partial charge in [0.25, 0.3) is 0 Å². The molecule has 1 aromatic heterocycles. The number of oxime groups is 1.